The van der Waals surface area contributed by atoms with Crippen LogP contribution in [0.15, 0.2) is 48.7 Å². The molecular formula is C15H15N3O2. The molecule has 0 aliphatic carbocycles. The maximum Gasteiger partial charge on any atom is 0.242 e. The van der Waals surface area contributed by atoms with Crippen LogP contribution in [0.4, 0.5) is 0 Å². The summed E-state index contributed by atoms with van der Waals surface area (Å²) in [7, 11) is 0. The van der Waals surface area contributed by atoms with Crippen molar-refractivity contribution in [2.24, 2.45) is 5.73 Å². The summed E-state index contributed by atoms with van der Waals surface area (Å²) >= 11 is 0. The second-order valence-corrected chi connectivity index (χ2v) is 4.40. The summed E-state index contributed by atoms with van der Waals surface area (Å²) in [6.45, 7) is 0.359. The molecule has 0 aliphatic rings. The van der Waals surface area contributed by atoms with Gasteiger partial charge in [-0.1, -0.05) is 18.2 Å². The zero-order valence-corrected chi connectivity index (χ0v) is 10.9. The number of pyridine rings is 1. The molecule has 0 fully saturated rings. The van der Waals surface area contributed by atoms with Crippen LogP contribution in [0.1, 0.15) is 11.3 Å². The lowest BCUT2D eigenvalue weighted by Crippen LogP contribution is -2.02. The Hall–Kier alpha value is -2.37. The molecule has 0 spiro atoms. The van der Waals surface area contributed by atoms with Gasteiger partial charge in [-0.05, 0) is 29.8 Å². The Kier molecular flexibility index (Phi) is 3.37. The fourth-order valence-electron chi connectivity index (χ4n) is 2.07. The van der Waals surface area contributed by atoms with Crippen LogP contribution in [0.3, 0.4) is 0 Å². The van der Waals surface area contributed by atoms with E-state index in [0.717, 1.165) is 16.9 Å². The minimum absolute atomic E-state index is 0.0166. The Labute approximate surface area is 116 Å². The molecule has 0 amide bonds. The molecule has 2 aromatic heterocycles. The number of aliphatic hydroxyl groups is 1. The standard InChI is InChI=1S/C15H15N3O2/c16-9-13-15(17-14-3-1-2-8-18(13)14)20-12-6-4-11(10-19)5-7-12/h1-8,19H,9-10,16H2. The molecule has 102 valence electrons. The lowest BCUT2D eigenvalue weighted by atomic mass is 10.2. The second-order valence-electron chi connectivity index (χ2n) is 4.40. The van der Waals surface area contributed by atoms with Crippen LogP contribution in [-0.4, -0.2) is 14.5 Å². The molecule has 0 atom stereocenters. The molecule has 0 aliphatic heterocycles. The third-order valence-electron chi connectivity index (χ3n) is 3.11. The average molecular weight is 269 g/mol. The summed E-state index contributed by atoms with van der Waals surface area (Å²) in [5.41, 5.74) is 8.25. The quantitative estimate of drug-likeness (QED) is 0.760. The summed E-state index contributed by atoms with van der Waals surface area (Å²) in [5, 5.41) is 9.02. The van der Waals surface area contributed by atoms with Crippen molar-refractivity contribution in [2.45, 2.75) is 13.2 Å². The van der Waals surface area contributed by atoms with E-state index in [1.807, 2.05) is 40.9 Å². The van der Waals surface area contributed by atoms with Crippen LogP contribution in [0, 0.1) is 0 Å². The van der Waals surface area contributed by atoms with E-state index in [1.54, 1.807) is 12.1 Å². The van der Waals surface area contributed by atoms with E-state index < -0.39 is 0 Å². The van der Waals surface area contributed by atoms with E-state index in [-0.39, 0.29) is 6.61 Å². The SMILES string of the molecule is NCc1c(Oc2ccc(CO)cc2)nc2ccccn12. The van der Waals surface area contributed by atoms with Crippen molar-refractivity contribution in [1.82, 2.24) is 9.38 Å². The van der Waals surface area contributed by atoms with Crippen molar-refractivity contribution in [3.63, 3.8) is 0 Å². The number of aliphatic hydroxyl groups excluding tert-OH is 1. The van der Waals surface area contributed by atoms with E-state index in [4.69, 9.17) is 15.6 Å². The van der Waals surface area contributed by atoms with Gasteiger partial charge in [0.2, 0.25) is 5.88 Å². The van der Waals surface area contributed by atoms with Crippen LogP contribution < -0.4 is 10.5 Å². The molecule has 1 aromatic carbocycles. The predicted molar refractivity (Wildman–Crippen MR) is 75.5 cm³/mol. The van der Waals surface area contributed by atoms with Crippen molar-refractivity contribution in [3.8, 4) is 11.6 Å². The Bertz CT molecular complexity index is 720. The Balaban J connectivity index is 1.96. The summed E-state index contributed by atoms with van der Waals surface area (Å²) in [6, 6.07) is 13.0. The van der Waals surface area contributed by atoms with E-state index in [2.05, 4.69) is 4.98 Å². The molecule has 3 rings (SSSR count). The first-order valence-electron chi connectivity index (χ1n) is 6.35. The van der Waals surface area contributed by atoms with Crippen LogP contribution >= 0.6 is 0 Å². The van der Waals surface area contributed by atoms with Gasteiger partial charge >= 0.3 is 0 Å². The van der Waals surface area contributed by atoms with Crippen LogP contribution in [0.25, 0.3) is 5.65 Å². The summed E-state index contributed by atoms with van der Waals surface area (Å²) < 4.78 is 7.71. The summed E-state index contributed by atoms with van der Waals surface area (Å²) in [4.78, 5) is 4.43. The molecule has 5 heteroatoms. The van der Waals surface area contributed by atoms with E-state index in [9.17, 15) is 0 Å². The van der Waals surface area contributed by atoms with E-state index in [1.165, 1.54) is 0 Å². The highest BCUT2D eigenvalue weighted by atomic mass is 16.5. The van der Waals surface area contributed by atoms with Crippen LogP contribution in [0.5, 0.6) is 11.6 Å². The molecule has 0 radical (unpaired) electrons. The first-order valence-corrected chi connectivity index (χ1v) is 6.35. The van der Waals surface area contributed by atoms with Gasteiger partial charge in [0.05, 0.1) is 6.61 Å². The largest absolute Gasteiger partial charge is 0.437 e. The molecule has 0 saturated carbocycles. The lowest BCUT2D eigenvalue weighted by molar-refractivity contribution is 0.281. The van der Waals surface area contributed by atoms with Gasteiger partial charge in [0.1, 0.15) is 17.1 Å². The van der Waals surface area contributed by atoms with Crippen molar-refractivity contribution < 1.29 is 9.84 Å². The highest BCUT2D eigenvalue weighted by Crippen LogP contribution is 2.25. The summed E-state index contributed by atoms with van der Waals surface area (Å²) in [5.74, 6) is 1.18. The van der Waals surface area contributed by atoms with Crippen molar-refractivity contribution >= 4 is 5.65 Å². The Morgan fingerprint density at radius 2 is 1.95 bits per heavy atom. The number of hydrogen-bond acceptors (Lipinski definition) is 4. The number of fused-ring (bicyclic) bond motifs is 1. The maximum atomic E-state index is 9.02. The molecule has 3 aromatic rings. The lowest BCUT2D eigenvalue weighted by Gasteiger charge is -2.05. The van der Waals surface area contributed by atoms with Gasteiger partial charge in [0.15, 0.2) is 0 Å². The van der Waals surface area contributed by atoms with Crippen molar-refractivity contribution in [3.05, 3.63) is 59.9 Å². The average Bonchev–Trinajstić information content (AvgIpc) is 2.85. The zero-order chi connectivity index (χ0) is 13.9. The summed E-state index contributed by atoms with van der Waals surface area (Å²) in [6.07, 6.45) is 1.91. The minimum atomic E-state index is 0.0166. The molecule has 0 saturated heterocycles. The smallest absolute Gasteiger partial charge is 0.242 e. The first kappa shape index (κ1) is 12.7. The topological polar surface area (TPSA) is 72.8 Å². The number of nitrogens with zero attached hydrogens (tertiary/aromatic N) is 2. The highest BCUT2D eigenvalue weighted by molar-refractivity contribution is 5.46. The highest BCUT2D eigenvalue weighted by Gasteiger charge is 2.12. The molecule has 20 heavy (non-hydrogen) atoms. The molecule has 3 N–H and O–H groups in total. The predicted octanol–water partition coefficient (Wildman–Crippen LogP) is 2.08. The fourth-order valence-corrected chi connectivity index (χ4v) is 2.07. The maximum absolute atomic E-state index is 9.02. The molecule has 2 heterocycles. The van der Waals surface area contributed by atoms with Gasteiger partial charge in [0, 0.05) is 12.7 Å². The first-order chi connectivity index (χ1) is 9.81. The number of nitrogens with two attached hydrogens (primary N) is 1. The number of aromatic nitrogens is 2. The third kappa shape index (κ3) is 2.24. The number of hydrogen-bond donors (Lipinski definition) is 2. The minimum Gasteiger partial charge on any atom is -0.437 e. The van der Waals surface area contributed by atoms with Gasteiger partial charge in [-0.3, -0.25) is 4.40 Å². The van der Waals surface area contributed by atoms with Crippen molar-refractivity contribution in [1.29, 1.82) is 0 Å². The molecule has 0 bridgehead atoms. The zero-order valence-electron chi connectivity index (χ0n) is 10.9. The fraction of sp³-hybridized carbons (Fsp3) is 0.133. The van der Waals surface area contributed by atoms with E-state index >= 15 is 0 Å². The number of imidazole rings is 1. The third-order valence-corrected chi connectivity index (χ3v) is 3.11. The number of ether oxygens (including phenoxy) is 1. The normalized spacial score (nSPS) is 10.9. The number of rotatable bonds is 4. The molecule has 5 nitrogen and oxygen atoms in total. The van der Waals surface area contributed by atoms with Gasteiger partial charge in [0.25, 0.3) is 0 Å². The Morgan fingerprint density at radius 3 is 2.65 bits per heavy atom. The van der Waals surface area contributed by atoms with Gasteiger partial charge in [-0.2, -0.15) is 4.98 Å². The monoisotopic (exact) mass is 269 g/mol. The van der Waals surface area contributed by atoms with Gasteiger partial charge < -0.3 is 15.6 Å². The van der Waals surface area contributed by atoms with Crippen LogP contribution in [0.2, 0.25) is 0 Å². The van der Waals surface area contributed by atoms with E-state index in [0.29, 0.717) is 18.2 Å². The Morgan fingerprint density at radius 1 is 1.15 bits per heavy atom. The van der Waals surface area contributed by atoms with Gasteiger partial charge in [-0.15, -0.1) is 0 Å². The van der Waals surface area contributed by atoms with Crippen LogP contribution in [-0.2, 0) is 13.2 Å². The molecular weight excluding hydrogens is 254 g/mol. The number of benzene rings is 1. The van der Waals surface area contributed by atoms with Gasteiger partial charge in [-0.25, -0.2) is 0 Å². The van der Waals surface area contributed by atoms with Crippen molar-refractivity contribution in [2.75, 3.05) is 0 Å². The molecule has 0 unspecified atom stereocenters. The second kappa shape index (κ2) is 5.32.